The van der Waals surface area contributed by atoms with Crippen LogP contribution in [-0.2, 0) is 6.54 Å². The van der Waals surface area contributed by atoms with Crippen LogP contribution in [-0.4, -0.2) is 9.67 Å². The van der Waals surface area contributed by atoms with Crippen molar-refractivity contribution < 1.29 is 5.11 Å². The maximum Gasteiger partial charge on any atom is 0.292 e. The topological polar surface area (TPSA) is 42.2 Å². The minimum atomic E-state index is -0.271. The number of aromatic hydroxyl groups is 1. The van der Waals surface area contributed by atoms with Gasteiger partial charge in [0.15, 0.2) is 5.75 Å². The summed E-state index contributed by atoms with van der Waals surface area (Å²) in [5.41, 5.74) is -0.271. The number of nitrogens with zero attached hydrogens (tertiary/aromatic N) is 1. The van der Waals surface area contributed by atoms with Crippen LogP contribution in [0.25, 0.3) is 0 Å². The molecule has 0 unspecified atom stereocenters. The predicted molar refractivity (Wildman–Crippen MR) is 103 cm³/mol. The normalized spacial score (nSPS) is 11.0. The Bertz CT molecular complexity index is 467. The van der Waals surface area contributed by atoms with E-state index in [1.165, 1.54) is 89.5 Å². The number of rotatable bonds is 15. The molecular weight excluding hydrogens is 298 g/mol. The summed E-state index contributed by atoms with van der Waals surface area (Å²) in [5.74, 6) is -0.150. The molecule has 0 saturated heterocycles. The van der Waals surface area contributed by atoms with Gasteiger partial charge in [0, 0.05) is 12.7 Å². The van der Waals surface area contributed by atoms with Gasteiger partial charge < -0.3 is 9.67 Å². The molecule has 1 aromatic rings. The van der Waals surface area contributed by atoms with Gasteiger partial charge in [0.2, 0.25) is 0 Å². The second-order valence-electron chi connectivity index (χ2n) is 6.99. The molecule has 0 aliphatic rings. The first-order chi connectivity index (χ1) is 11.8. The molecule has 0 fully saturated rings. The van der Waals surface area contributed by atoms with Gasteiger partial charge >= 0.3 is 0 Å². The van der Waals surface area contributed by atoms with Crippen LogP contribution in [0.3, 0.4) is 0 Å². The Labute approximate surface area is 148 Å². The quantitative estimate of drug-likeness (QED) is 0.397. The monoisotopic (exact) mass is 335 g/mol. The van der Waals surface area contributed by atoms with E-state index in [2.05, 4.69) is 6.92 Å². The zero-order valence-electron chi connectivity index (χ0n) is 15.6. The fourth-order valence-corrected chi connectivity index (χ4v) is 3.18. The van der Waals surface area contributed by atoms with Crippen LogP contribution < -0.4 is 5.56 Å². The third kappa shape index (κ3) is 9.79. The van der Waals surface area contributed by atoms with Crippen molar-refractivity contribution >= 4 is 0 Å². The summed E-state index contributed by atoms with van der Waals surface area (Å²) in [6.07, 6.45) is 20.5. The Morgan fingerprint density at radius 2 is 1.25 bits per heavy atom. The van der Waals surface area contributed by atoms with Gasteiger partial charge in [0.1, 0.15) is 0 Å². The standard InChI is InChI=1S/C21H37NO2/c1-2-3-4-5-6-7-8-9-10-11-12-13-14-15-18-22-19-16-17-20(23)21(22)24/h16-17,19,23H,2-15,18H2,1H3. The molecule has 1 heterocycles. The van der Waals surface area contributed by atoms with Crippen LogP contribution in [0.15, 0.2) is 23.1 Å². The molecule has 0 radical (unpaired) electrons. The van der Waals surface area contributed by atoms with Crippen molar-refractivity contribution in [2.75, 3.05) is 0 Å². The van der Waals surface area contributed by atoms with E-state index in [1.54, 1.807) is 16.8 Å². The van der Waals surface area contributed by atoms with Gasteiger partial charge in [-0.15, -0.1) is 0 Å². The number of unbranched alkanes of at least 4 members (excludes halogenated alkanes) is 13. The molecule has 1 N–H and O–H groups in total. The van der Waals surface area contributed by atoms with E-state index < -0.39 is 0 Å². The highest BCUT2D eigenvalue weighted by atomic mass is 16.3. The molecule has 138 valence electrons. The molecular formula is C21H37NO2. The van der Waals surface area contributed by atoms with Gasteiger partial charge in [-0.3, -0.25) is 4.79 Å². The van der Waals surface area contributed by atoms with Crippen molar-refractivity contribution in [2.45, 2.75) is 103 Å². The third-order valence-corrected chi connectivity index (χ3v) is 4.75. The maximum absolute atomic E-state index is 11.6. The summed E-state index contributed by atoms with van der Waals surface area (Å²) in [6.45, 7) is 2.98. The number of aromatic nitrogens is 1. The zero-order chi connectivity index (χ0) is 17.5. The summed E-state index contributed by atoms with van der Waals surface area (Å²) in [7, 11) is 0. The van der Waals surface area contributed by atoms with Crippen molar-refractivity contribution in [3.8, 4) is 5.75 Å². The molecule has 1 aromatic heterocycles. The molecule has 24 heavy (non-hydrogen) atoms. The fraction of sp³-hybridized carbons (Fsp3) is 0.762. The molecule has 0 spiro atoms. The predicted octanol–water partition coefficient (Wildman–Crippen LogP) is 6.04. The second-order valence-corrected chi connectivity index (χ2v) is 6.99. The van der Waals surface area contributed by atoms with E-state index in [1.807, 2.05) is 0 Å². The van der Waals surface area contributed by atoms with E-state index in [0.717, 1.165) is 6.42 Å². The molecule has 0 amide bonds. The molecule has 0 saturated carbocycles. The Morgan fingerprint density at radius 1 is 0.792 bits per heavy atom. The summed E-state index contributed by atoms with van der Waals surface area (Å²) < 4.78 is 1.61. The molecule has 3 heteroatoms. The van der Waals surface area contributed by atoms with Crippen molar-refractivity contribution in [3.05, 3.63) is 28.7 Å². The summed E-state index contributed by atoms with van der Waals surface area (Å²) in [4.78, 5) is 11.6. The number of hydrogen-bond donors (Lipinski definition) is 1. The lowest BCUT2D eigenvalue weighted by atomic mass is 10.0. The van der Waals surface area contributed by atoms with E-state index in [0.29, 0.717) is 6.54 Å². The molecule has 0 aliphatic heterocycles. The minimum absolute atomic E-state index is 0.150. The van der Waals surface area contributed by atoms with Crippen LogP contribution in [0.1, 0.15) is 96.8 Å². The van der Waals surface area contributed by atoms with Crippen LogP contribution >= 0.6 is 0 Å². The smallest absolute Gasteiger partial charge is 0.292 e. The average molecular weight is 336 g/mol. The Balaban J connectivity index is 1.86. The molecule has 1 rings (SSSR count). The highest BCUT2D eigenvalue weighted by molar-refractivity contribution is 5.14. The maximum atomic E-state index is 11.6. The van der Waals surface area contributed by atoms with Gasteiger partial charge in [0.25, 0.3) is 5.56 Å². The first kappa shape index (κ1) is 20.8. The number of aryl methyl sites for hydroxylation is 1. The molecule has 0 aliphatic carbocycles. The molecule has 3 nitrogen and oxygen atoms in total. The molecule has 0 bridgehead atoms. The average Bonchev–Trinajstić information content (AvgIpc) is 2.58. The van der Waals surface area contributed by atoms with Gasteiger partial charge in [-0.1, -0.05) is 90.4 Å². The summed E-state index contributed by atoms with van der Waals surface area (Å²) in [5, 5.41) is 9.38. The van der Waals surface area contributed by atoms with Crippen LogP contribution in [0.5, 0.6) is 5.75 Å². The van der Waals surface area contributed by atoms with Crippen molar-refractivity contribution in [3.63, 3.8) is 0 Å². The van der Waals surface area contributed by atoms with E-state index >= 15 is 0 Å². The second kappa shape index (κ2) is 14.1. The molecule has 0 atom stereocenters. The van der Waals surface area contributed by atoms with Crippen molar-refractivity contribution in [2.24, 2.45) is 0 Å². The Kier molecular flexibility index (Phi) is 12.2. The van der Waals surface area contributed by atoms with Gasteiger partial charge in [-0.25, -0.2) is 0 Å². The van der Waals surface area contributed by atoms with Gasteiger partial charge in [-0.2, -0.15) is 0 Å². The van der Waals surface area contributed by atoms with E-state index in [4.69, 9.17) is 0 Å². The van der Waals surface area contributed by atoms with Crippen LogP contribution in [0.4, 0.5) is 0 Å². The lowest BCUT2D eigenvalue weighted by Gasteiger charge is -2.06. The van der Waals surface area contributed by atoms with Crippen LogP contribution in [0.2, 0.25) is 0 Å². The molecule has 0 aromatic carbocycles. The zero-order valence-corrected chi connectivity index (χ0v) is 15.6. The summed E-state index contributed by atoms with van der Waals surface area (Å²) >= 11 is 0. The highest BCUT2D eigenvalue weighted by Crippen LogP contribution is 2.13. The van der Waals surface area contributed by atoms with Gasteiger partial charge in [0.05, 0.1) is 0 Å². The van der Waals surface area contributed by atoms with Crippen molar-refractivity contribution in [1.29, 1.82) is 0 Å². The first-order valence-corrected chi connectivity index (χ1v) is 10.1. The Hall–Kier alpha value is -1.25. The largest absolute Gasteiger partial charge is 0.503 e. The minimum Gasteiger partial charge on any atom is -0.503 e. The van der Waals surface area contributed by atoms with Crippen LogP contribution in [0, 0.1) is 0 Å². The third-order valence-electron chi connectivity index (χ3n) is 4.75. The van der Waals surface area contributed by atoms with E-state index in [-0.39, 0.29) is 11.3 Å². The first-order valence-electron chi connectivity index (χ1n) is 10.1. The Morgan fingerprint density at radius 3 is 1.75 bits per heavy atom. The SMILES string of the molecule is CCCCCCCCCCCCCCCCn1cccc(O)c1=O. The van der Waals surface area contributed by atoms with Crippen molar-refractivity contribution in [1.82, 2.24) is 4.57 Å². The lowest BCUT2D eigenvalue weighted by molar-refractivity contribution is 0.452. The van der Waals surface area contributed by atoms with Gasteiger partial charge in [-0.05, 0) is 18.6 Å². The summed E-state index contributed by atoms with van der Waals surface area (Å²) in [6, 6.07) is 3.17. The fourth-order valence-electron chi connectivity index (χ4n) is 3.18. The highest BCUT2D eigenvalue weighted by Gasteiger charge is 2.00. The van der Waals surface area contributed by atoms with E-state index in [9.17, 15) is 9.90 Å². The number of hydrogen-bond acceptors (Lipinski definition) is 2. The lowest BCUT2D eigenvalue weighted by Crippen LogP contribution is -2.18. The number of pyridine rings is 1.